The smallest absolute Gasteiger partial charge is 0.130 e. The summed E-state index contributed by atoms with van der Waals surface area (Å²) in [5.74, 6) is 0.849. The number of likely N-dealkylation sites (tertiary alicyclic amines) is 1. The lowest BCUT2D eigenvalue weighted by atomic mass is 9.74. The molecule has 0 unspecified atom stereocenters. The van der Waals surface area contributed by atoms with Crippen molar-refractivity contribution in [2.75, 3.05) is 27.2 Å². The summed E-state index contributed by atoms with van der Waals surface area (Å²) in [6, 6.07) is 14.2. The molecule has 5 nitrogen and oxygen atoms in total. The third-order valence-corrected chi connectivity index (χ3v) is 6.48. The van der Waals surface area contributed by atoms with E-state index in [1.165, 1.54) is 56.5 Å². The van der Waals surface area contributed by atoms with Crippen LogP contribution in [0.25, 0.3) is 0 Å². The van der Waals surface area contributed by atoms with Crippen LogP contribution in [0.3, 0.4) is 0 Å². The molecule has 1 saturated heterocycles. The molecule has 202 valence electrons. The fraction of sp³-hybridized carbons (Fsp3) is 0.500. The quantitative estimate of drug-likeness (QED) is 0.450. The van der Waals surface area contributed by atoms with Crippen LogP contribution in [0.2, 0.25) is 0 Å². The number of aryl methyl sites for hydroxylation is 2. The van der Waals surface area contributed by atoms with Crippen LogP contribution in [0.15, 0.2) is 48.5 Å². The Hall–Kier alpha value is -2.86. The third-order valence-electron chi connectivity index (χ3n) is 6.48. The molecule has 0 saturated carbocycles. The van der Waals surface area contributed by atoms with Crippen molar-refractivity contribution in [3.63, 3.8) is 0 Å². The van der Waals surface area contributed by atoms with Gasteiger partial charge in [0.25, 0.3) is 0 Å². The second-order valence-electron chi connectivity index (χ2n) is 8.86. The zero-order valence-electron chi connectivity index (χ0n) is 23.1. The molecule has 0 N–H and O–H groups in total. The Balaban J connectivity index is 0. The number of benzene rings is 2. The first kappa shape index (κ1) is 35.3. The molecular formula is C30H46FNO4. The minimum Gasteiger partial charge on any atom is -0.497 e. The van der Waals surface area contributed by atoms with Gasteiger partial charge in [-0.3, -0.25) is 0 Å². The van der Waals surface area contributed by atoms with Gasteiger partial charge in [0.2, 0.25) is 0 Å². The Kier molecular flexibility index (Phi) is 21.0. The van der Waals surface area contributed by atoms with Crippen LogP contribution in [0, 0.1) is 18.2 Å². The lowest BCUT2D eigenvalue weighted by molar-refractivity contribution is -0.117. The van der Waals surface area contributed by atoms with Gasteiger partial charge >= 0.3 is 0 Å². The number of nitrogens with zero attached hydrogens (tertiary/aromatic N) is 1. The van der Waals surface area contributed by atoms with Crippen LogP contribution in [0.5, 0.6) is 5.75 Å². The van der Waals surface area contributed by atoms with E-state index in [0.29, 0.717) is 18.3 Å². The van der Waals surface area contributed by atoms with Crippen LogP contribution in [0.4, 0.5) is 4.39 Å². The van der Waals surface area contributed by atoms with Crippen molar-refractivity contribution < 1.29 is 23.5 Å². The highest BCUT2D eigenvalue weighted by molar-refractivity contribution is 5.75. The van der Waals surface area contributed by atoms with Crippen LogP contribution in [-0.2, 0) is 20.8 Å². The summed E-state index contributed by atoms with van der Waals surface area (Å²) >= 11 is 0. The summed E-state index contributed by atoms with van der Waals surface area (Å²) in [6.07, 6.45) is 6.81. The molecule has 0 bridgehead atoms. The van der Waals surface area contributed by atoms with E-state index in [1.54, 1.807) is 26.2 Å². The molecule has 1 fully saturated rings. The van der Waals surface area contributed by atoms with Crippen LogP contribution in [-0.4, -0.2) is 51.5 Å². The van der Waals surface area contributed by atoms with E-state index in [4.69, 9.17) is 14.3 Å². The van der Waals surface area contributed by atoms with Crippen molar-refractivity contribution >= 4 is 19.4 Å². The topological polar surface area (TPSA) is 63.7 Å². The van der Waals surface area contributed by atoms with E-state index in [9.17, 15) is 9.18 Å². The second-order valence-corrected chi connectivity index (χ2v) is 8.86. The summed E-state index contributed by atoms with van der Waals surface area (Å²) < 4.78 is 17.4. The number of ether oxygens (including phenoxy) is 1. The lowest BCUT2D eigenvalue weighted by Gasteiger charge is -2.39. The van der Waals surface area contributed by atoms with E-state index in [2.05, 4.69) is 32.7 Å². The van der Waals surface area contributed by atoms with Crippen molar-refractivity contribution in [2.45, 2.75) is 66.2 Å². The Morgan fingerprint density at radius 2 is 1.42 bits per heavy atom. The average Bonchev–Trinajstić information content (AvgIpc) is 2.92. The number of carbonyl (C=O) groups excluding carboxylic acids is 3. The maximum atomic E-state index is 12.4. The molecule has 2 aromatic carbocycles. The van der Waals surface area contributed by atoms with Gasteiger partial charge in [0.15, 0.2) is 0 Å². The van der Waals surface area contributed by atoms with Crippen molar-refractivity contribution in [1.82, 2.24) is 4.90 Å². The van der Waals surface area contributed by atoms with Gasteiger partial charge in [-0.05, 0) is 88.5 Å². The zero-order valence-corrected chi connectivity index (χ0v) is 23.1. The number of halogens is 1. The van der Waals surface area contributed by atoms with Crippen LogP contribution >= 0.6 is 0 Å². The van der Waals surface area contributed by atoms with E-state index >= 15 is 0 Å². The fourth-order valence-electron chi connectivity index (χ4n) is 3.70. The molecule has 0 aliphatic carbocycles. The molecule has 0 spiro atoms. The predicted molar refractivity (Wildman–Crippen MR) is 147 cm³/mol. The number of rotatable bonds is 6. The van der Waals surface area contributed by atoms with Crippen molar-refractivity contribution in [3.05, 3.63) is 65.5 Å². The van der Waals surface area contributed by atoms with Gasteiger partial charge in [0.1, 0.15) is 30.9 Å². The highest BCUT2D eigenvalue weighted by Gasteiger charge is 2.29. The highest BCUT2D eigenvalue weighted by Crippen LogP contribution is 2.37. The summed E-state index contributed by atoms with van der Waals surface area (Å²) in [7, 11) is 3.90. The van der Waals surface area contributed by atoms with Gasteiger partial charge in [-0.2, -0.15) is 0 Å². The molecule has 36 heavy (non-hydrogen) atoms. The summed E-state index contributed by atoms with van der Waals surface area (Å²) in [5, 5.41) is 0. The number of hydrogen-bond donors (Lipinski definition) is 0. The molecule has 0 amide bonds. The van der Waals surface area contributed by atoms with E-state index in [1.807, 2.05) is 37.8 Å². The van der Waals surface area contributed by atoms with Crippen molar-refractivity contribution in [3.8, 4) is 5.75 Å². The Bertz CT molecular complexity index is 793. The molecular weight excluding hydrogens is 457 g/mol. The number of piperidine rings is 1. The van der Waals surface area contributed by atoms with E-state index in [0.717, 1.165) is 11.3 Å². The van der Waals surface area contributed by atoms with Crippen molar-refractivity contribution in [2.24, 2.45) is 5.41 Å². The number of ketones is 1. The average molecular weight is 504 g/mol. The van der Waals surface area contributed by atoms with Gasteiger partial charge in [0.05, 0.1) is 7.11 Å². The number of hydrogen-bond acceptors (Lipinski definition) is 5. The van der Waals surface area contributed by atoms with Gasteiger partial charge < -0.3 is 24.0 Å². The molecule has 1 aliphatic heterocycles. The summed E-state index contributed by atoms with van der Waals surface area (Å²) in [6.45, 7) is 14.9. The van der Waals surface area contributed by atoms with Crippen molar-refractivity contribution in [1.29, 1.82) is 0 Å². The summed E-state index contributed by atoms with van der Waals surface area (Å²) in [5.41, 5.74) is 2.97. The molecule has 3 rings (SSSR count). The number of methoxy groups -OCH3 is 1. The predicted octanol–water partition coefficient (Wildman–Crippen LogP) is 6.50. The highest BCUT2D eigenvalue weighted by atomic mass is 19.1. The molecule has 0 radical (unpaired) electrons. The molecule has 0 aromatic heterocycles. The Morgan fingerprint density at radius 3 is 1.81 bits per heavy atom. The van der Waals surface area contributed by atoms with Gasteiger partial charge in [-0.25, -0.2) is 4.39 Å². The maximum Gasteiger partial charge on any atom is 0.130 e. The van der Waals surface area contributed by atoms with Crippen LogP contribution in [0.1, 0.15) is 64.0 Å². The zero-order chi connectivity index (χ0) is 28.0. The maximum absolute atomic E-state index is 12.4. The number of Topliss-reactive ketones (excluding diaryl/α,β-unsaturated/α-hetero) is 1. The van der Waals surface area contributed by atoms with E-state index < -0.39 is 0 Å². The first-order valence-electron chi connectivity index (χ1n) is 12.3. The molecule has 0 atom stereocenters. The Labute approximate surface area is 218 Å². The Morgan fingerprint density at radius 1 is 0.944 bits per heavy atom. The monoisotopic (exact) mass is 503 g/mol. The van der Waals surface area contributed by atoms with Crippen LogP contribution < -0.4 is 4.74 Å². The largest absolute Gasteiger partial charge is 0.497 e. The standard InChI is InChI=1S/C10H11FO.C10H21N.C8H10O.2CH2O/c1-8(12)2-3-9-4-6-10(11)7-5-9;1-4-10(5-2)6-8-11(3)9-7-10;1-7-3-5-8(9-2)6-4-7;2*1-2/h4-7H,2-3H2,1H3;4-9H2,1-3H3;3-6H,1-2H3;2*1H2. The first-order valence-corrected chi connectivity index (χ1v) is 12.3. The van der Waals surface area contributed by atoms with Gasteiger partial charge in [-0.1, -0.05) is 56.5 Å². The SMILES string of the molecule is C=O.C=O.CC(=O)CCc1ccc(F)cc1.CCC1(CC)CCN(C)CC1.COc1ccc(C)cc1. The minimum atomic E-state index is -0.235. The molecule has 2 aromatic rings. The van der Waals surface area contributed by atoms with E-state index in [-0.39, 0.29) is 11.6 Å². The third kappa shape index (κ3) is 15.9. The van der Waals surface area contributed by atoms with Gasteiger partial charge in [0, 0.05) is 6.42 Å². The normalized spacial score (nSPS) is 13.5. The summed E-state index contributed by atoms with van der Waals surface area (Å²) in [4.78, 5) is 29.1. The minimum absolute atomic E-state index is 0.166. The fourth-order valence-corrected chi connectivity index (χ4v) is 3.70. The first-order chi connectivity index (χ1) is 17.2. The number of carbonyl (C=O) groups is 3. The molecule has 1 aliphatic rings. The molecule has 1 heterocycles. The second kappa shape index (κ2) is 21.4. The lowest BCUT2D eigenvalue weighted by Crippen LogP contribution is -2.37. The van der Waals surface area contributed by atoms with Gasteiger partial charge in [-0.15, -0.1) is 0 Å². The molecule has 6 heteroatoms.